The number of nitrogens with zero attached hydrogens (tertiary/aromatic N) is 1. The van der Waals surface area contributed by atoms with Gasteiger partial charge in [-0.3, -0.25) is 15.2 Å². The van der Waals surface area contributed by atoms with Gasteiger partial charge in [-0.15, -0.1) is 0 Å². The lowest BCUT2D eigenvalue weighted by Crippen LogP contribution is -2.41. The Morgan fingerprint density at radius 2 is 1.54 bits per heavy atom. The number of anilines is 1. The summed E-state index contributed by atoms with van der Waals surface area (Å²) in [5, 5.41) is 4.41. The molecule has 0 spiro atoms. The zero-order valence-corrected chi connectivity index (χ0v) is 14.9. The number of unbranched alkanes of at least 4 members (excludes halogenated alkanes) is 2. The third-order valence-electron chi connectivity index (χ3n) is 3.89. The molecule has 0 aliphatic heterocycles. The molecule has 0 saturated heterocycles. The van der Waals surface area contributed by atoms with E-state index in [9.17, 15) is 9.59 Å². The number of rotatable bonds is 10. The van der Waals surface area contributed by atoms with E-state index in [-0.39, 0.29) is 5.91 Å². The van der Waals surface area contributed by atoms with E-state index in [0.717, 1.165) is 30.5 Å². The van der Waals surface area contributed by atoms with E-state index in [4.69, 9.17) is 5.73 Å². The average molecular weight is 354 g/mol. The zero-order chi connectivity index (χ0) is 18.6. The van der Waals surface area contributed by atoms with Gasteiger partial charge in [0.25, 0.3) is 0 Å². The normalized spacial score (nSPS) is 10.2. The highest BCUT2D eigenvalue weighted by molar-refractivity contribution is 5.77. The molecule has 0 aromatic heterocycles. The van der Waals surface area contributed by atoms with Crippen molar-refractivity contribution in [2.24, 2.45) is 5.73 Å². The molecular formula is C20H26N4O2. The van der Waals surface area contributed by atoms with Crippen LogP contribution in [-0.2, 0) is 11.3 Å². The average Bonchev–Trinajstić information content (AvgIpc) is 2.65. The Kier molecular flexibility index (Phi) is 7.99. The summed E-state index contributed by atoms with van der Waals surface area (Å²) in [5.74, 6) is -0.0207. The number of para-hydroxylation sites is 1. The largest absolute Gasteiger partial charge is 0.352 e. The van der Waals surface area contributed by atoms with Gasteiger partial charge >= 0.3 is 6.03 Å². The van der Waals surface area contributed by atoms with Gasteiger partial charge in [0.2, 0.25) is 5.91 Å². The number of carbonyl (C=O) groups excluding carboxylic acids is 2. The van der Waals surface area contributed by atoms with Crippen molar-refractivity contribution < 1.29 is 9.59 Å². The first-order valence-corrected chi connectivity index (χ1v) is 8.84. The first-order chi connectivity index (χ1) is 12.6. The van der Waals surface area contributed by atoms with Crippen LogP contribution in [-0.4, -0.2) is 18.5 Å². The zero-order valence-electron chi connectivity index (χ0n) is 14.9. The summed E-state index contributed by atoms with van der Waals surface area (Å²) in [5.41, 5.74) is 10.1. The van der Waals surface area contributed by atoms with E-state index in [1.807, 2.05) is 65.7 Å². The maximum atomic E-state index is 12.3. The first-order valence-electron chi connectivity index (χ1n) is 8.84. The van der Waals surface area contributed by atoms with E-state index in [1.165, 1.54) is 0 Å². The number of hydrogen-bond acceptors (Lipinski definition) is 3. The third kappa shape index (κ3) is 7.25. The van der Waals surface area contributed by atoms with Crippen LogP contribution in [0.3, 0.4) is 0 Å². The lowest BCUT2D eigenvalue weighted by molar-refractivity contribution is -0.121. The molecule has 0 aliphatic carbocycles. The monoisotopic (exact) mass is 354 g/mol. The summed E-state index contributed by atoms with van der Waals surface area (Å²) in [4.78, 5) is 22.9. The van der Waals surface area contributed by atoms with Crippen LogP contribution in [0.1, 0.15) is 31.2 Å². The summed E-state index contributed by atoms with van der Waals surface area (Å²) in [6.45, 7) is 1.14. The second-order valence-electron chi connectivity index (χ2n) is 6.04. The van der Waals surface area contributed by atoms with E-state index in [1.54, 1.807) is 0 Å². The van der Waals surface area contributed by atoms with Crippen LogP contribution in [0.5, 0.6) is 0 Å². The molecule has 0 fully saturated rings. The van der Waals surface area contributed by atoms with Crippen molar-refractivity contribution in [3.63, 3.8) is 0 Å². The smallest absolute Gasteiger partial charge is 0.312 e. The summed E-state index contributed by atoms with van der Waals surface area (Å²) in [7, 11) is 0. The number of benzene rings is 2. The van der Waals surface area contributed by atoms with Gasteiger partial charge in [-0.05, 0) is 30.5 Å². The van der Waals surface area contributed by atoms with Gasteiger partial charge in [-0.1, -0.05) is 55.0 Å². The van der Waals surface area contributed by atoms with Crippen LogP contribution in [0.25, 0.3) is 0 Å². The number of hydrogen-bond donors (Lipinski definition) is 3. The van der Waals surface area contributed by atoms with Gasteiger partial charge in [-0.2, -0.15) is 0 Å². The molecule has 4 N–H and O–H groups in total. The highest BCUT2D eigenvalue weighted by Gasteiger charge is 2.11. The topological polar surface area (TPSA) is 87.5 Å². The highest BCUT2D eigenvalue weighted by Crippen LogP contribution is 2.15. The van der Waals surface area contributed by atoms with Crippen LogP contribution in [0.15, 0.2) is 60.7 Å². The van der Waals surface area contributed by atoms with Crippen molar-refractivity contribution >= 4 is 17.6 Å². The number of primary amides is 1. The maximum absolute atomic E-state index is 12.3. The molecule has 2 aromatic rings. The number of hydrazine groups is 1. The Morgan fingerprint density at radius 3 is 2.19 bits per heavy atom. The second-order valence-corrected chi connectivity index (χ2v) is 6.04. The van der Waals surface area contributed by atoms with E-state index >= 15 is 0 Å². The van der Waals surface area contributed by atoms with Crippen LogP contribution in [0.4, 0.5) is 10.5 Å². The Hall–Kier alpha value is -3.02. The number of carbonyl (C=O) groups is 2. The van der Waals surface area contributed by atoms with Gasteiger partial charge in [0.15, 0.2) is 0 Å². The number of urea groups is 1. The third-order valence-corrected chi connectivity index (χ3v) is 3.89. The summed E-state index contributed by atoms with van der Waals surface area (Å²) < 4.78 is 0. The van der Waals surface area contributed by atoms with E-state index in [0.29, 0.717) is 19.5 Å². The van der Waals surface area contributed by atoms with Crippen LogP contribution in [0, 0.1) is 0 Å². The molecule has 2 aromatic carbocycles. The molecular weight excluding hydrogens is 328 g/mol. The van der Waals surface area contributed by atoms with Gasteiger partial charge in [0, 0.05) is 13.0 Å². The fourth-order valence-corrected chi connectivity index (χ4v) is 2.57. The van der Waals surface area contributed by atoms with E-state index < -0.39 is 6.03 Å². The molecule has 3 amide bonds. The number of nitrogens with one attached hydrogen (secondary N) is 2. The van der Waals surface area contributed by atoms with Gasteiger partial charge < -0.3 is 11.1 Å². The Balaban J connectivity index is 1.84. The van der Waals surface area contributed by atoms with Crippen LogP contribution in [0.2, 0.25) is 0 Å². The first kappa shape index (κ1) is 19.3. The molecule has 6 heteroatoms. The lowest BCUT2D eigenvalue weighted by atomic mass is 10.2. The van der Waals surface area contributed by atoms with Crippen LogP contribution < -0.4 is 21.5 Å². The predicted molar refractivity (Wildman–Crippen MR) is 103 cm³/mol. The molecule has 2 rings (SSSR count). The molecule has 0 unspecified atom stereocenters. The minimum Gasteiger partial charge on any atom is -0.352 e. The molecule has 26 heavy (non-hydrogen) atoms. The molecule has 0 saturated carbocycles. The van der Waals surface area contributed by atoms with Crippen molar-refractivity contribution in [3.8, 4) is 0 Å². The molecule has 0 aliphatic rings. The predicted octanol–water partition coefficient (Wildman–Crippen LogP) is 2.95. The van der Waals surface area contributed by atoms with Crippen molar-refractivity contribution in [1.29, 1.82) is 0 Å². The SMILES string of the molecule is NC(=O)NCCCCCC(=O)NN(Cc1ccccc1)c1ccccc1. The van der Waals surface area contributed by atoms with Gasteiger partial charge in [0.1, 0.15) is 0 Å². The van der Waals surface area contributed by atoms with Crippen LogP contribution >= 0.6 is 0 Å². The van der Waals surface area contributed by atoms with E-state index in [2.05, 4.69) is 10.7 Å². The quantitative estimate of drug-likeness (QED) is 0.453. The maximum Gasteiger partial charge on any atom is 0.312 e. The fourth-order valence-electron chi connectivity index (χ4n) is 2.57. The van der Waals surface area contributed by atoms with Crippen molar-refractivity contribution in [3.05, 3.63) is 66.2 Å². The van der Waals surface area contributed by atoms with Crippen molar-refractivity contribution in [2.75, 3.05) is 11.6 Å². The lowest BCUT2D eigenvalue weighted by Gasteiger charge is -2.25. The Morgan fingerprint density at radius 1 is 0.885 bits per heavy atom. The molecule has 0 bridgehead atoms. The number of amides is 3. The molecule has 6 nitrogen and oxygen atoms in total. The molecule has 138 valence electrons. The Bertz CT molecular complexity index is 677. The van der Waals surface area contributed by atoms with Crippen molar-refractivity contribution in [1.82, 2.24) is 10.7 Å². The summed E-state index contributed by atoms with van der Waals surface area (Å²) in [6.07, 6.45) is 2.87. The second kappa shape index (κ2) is 10.8. The fraction of sp³-hybridized carbons (Fsp3) is 0.300. The summed E-state index contributed by atoms with van der Waals surface area (Å²) >= 11 is 0. The minimum absolute atomic E-state index is 0.0207. The van der Waals surface area contributed by atoms with Gasteiger partial charge in [-0.25, -0.2) is 4.79 Å². The standard InChI is InChI=1S/C20H26N4O2/c21-20(26)22-15-9-3-8-14-19(25)23-24(18-12-6-2-7-13-18)16-17-10-4-1-5-11-17/h1-2,4-7,10-13H,3,8-9,14-16H2,(H,23,25)(H3,21,22,26). The highest BCUT2D eigenvalue weighted by atomic mass is 16.2. The molecule has 0 radical (unpaired) electrons. The van der Waals surface area contributed by atoms with Gasteiger partial charge in [0.05, 0.1) is 12.2 Å². The molecule has 0 atom stereocenters. The summed E-state index contributed by atoms with van der Waals surface area (Å²) in [6, 6.07) is 19.3. The minimum atomic E-state index is -0.512. The number of nitrogens with two attached hydrogens (primary N) is 1. The molecule has 0 heterocycles. The van der Waals surface area contributed by atoms with Crippen molar-refractivity contribution in [2.45, 2.75) is 32.2 Å². The Labute approximate surface area is 154 Å².